The van der Waals surface area contributed by atoms with Crippen molar-refractivity contribution in [1.29, 1.82) is 0 Å². The van der Waals surface area contributed by atoms with Gasteiger partial charge in [-0.15, -0.1) is 0 Å². The van der Waals surface area contributed by atoms with Crippen LogP contribution in [0.25, 0.3) is 22.3 Å². The van der Waals surface area contributed by atoms with Gasteiger partial charge in [-0.05, 0) is 17.2 Å². The smallest absolute Gasteiger partial charge is 0.285 e. The number of nitrogens with zero attached hydrogens (tertiary/aromatic N) is 1. The third-order valence-electron chi connectivity index (χ3n) is 5.16. The summed E-state index contributed by atoms with van der Waals surface area (Å²) in [5.74, 6) is -0.272. The number of hydrogen-bond donors (Lipinski definition) is 1. The molecular weight excluding hydrogens is 388 g/mol. The number of rotatable bonds is 6. The Kier molecular flexibility index (Phi) is 5.58. The fourth-order valence-corrected chi connectivity index (χ4v) is 3.75. The van der Waals surface area contributed by atoms with E-state index < -0.39 is 4.92 Å². The summed E-state index contributed by atoms with van der Waals surface area (Å²) in [6, 6.07) is 28.7. The van der Waals surface area contributed by atoms with Crippen LogP contribution in [0.1, 0.15) is 15.9 Å². The summed E-state index contributed by atoms with van der Waals surface area (Å²) in [7, 11) is 1.71. The molecule has 152 valence electrons. The van der Waals surface area contributed by atoms with Crippen molar-refractivity contribution in [2.24, 2.45) is 0 Å². The summed E-state index contributed by atoms with van der Waals surface area (Å²) in [4.78, 5) is 25.6. The Morgan fingerprint density at radius 1 is 0.806 bits per heavy atom. The van der Waals surface area contributed by atoms with Crippen LogP contribution in [0.5, 0.6) is 0 Å². The molecule has 0 aromatic heterocycles. The molecule has 0 aliphatic carbocycles. The molecule has 0 aliphatic rings. The van der Waals surface area contributed by atoms with Crippen molar-refractivity contribution in [2.75, 3.05) is 12.4 Å². The molecule has 1 N–H and O–H groups in total. The van der Waals surface area contributed by atoms with E-state index in [4.69, 9.17) is 0 Å². The molecule has 0 fully saturated rings. The van der Waals surface area contributed by atoms with Crippen LogP contribution in [0.2, 0.25) is 0 Å². The Balaban J connectivity index is 2.13. The highest BCUT2D eigenvalue weighted by Crippen LogP contribution is 2.45. The lowest BCUT2D eigenvalue weighted by atomic mass is 9.87. The van der Waals surface area contributed by atoms with E-state index in [1.807, 2.05) is 54.6 Å². The van der Waals surface area contributed by atoms with E-state index in [0.717, 1.165) is 0 Å². The van der Waals surface area contributed by atoms with Crippen LogP contribution in [0.3, 0.4) is 0 Å². The number of ketones is 1. The molecule has 5 nitrogen and oxygen atoms in total. The van der Waals surface area contributed by atoms with Gasteiger partial charge in [0.15, 0.2) is 5.78 Å². The highest BCUT2D eigenvalue weighted by Gasteiger charge is 2.31. The molecule has 4 aromatic carbocycles. The van der Waals surface area contributed by atoms with Crippen molar-refractivity contribution in [2.45, 2.75) is 0 Å². The van der Waals surface area contributed by atoms with Crippen molar-refractivity contribution >= 4 is 17.2 Å². The normalized spacial score (nSPS) is 10.5. The SMILES string of the molecule is CNc1cc(-c2ccccc2)c([N+](=O)[O-])c(-c2ccccc2)c1C(=O)c1ccccc1. The maximum atomic E-state index is 13.6. The number of nitro groups is 1. The first-order valence-electron chi connectivity index (χ1n) is 9.85. The van der Waals surface area contributed by atoms with Crippen LogP contribution in [0, 0.1) is 10.1 Å². The predicted molar refractivity (Wildman–Crippen MR) is 123 cm³/mol. The van der Waals surface area contributed by atoms with Gasteiger partial charge in [-0.3, -0.25) is 14.9 Å². The molecule has 5 heteroatoms. The van der Waals surface area contributed by atoms with Crippen molar-refractivity contribution in [3.63, 3.8) is 0 Å². The van der Waals surface area contributed by atoms with Gasteiger partial charge in [-0.1, -0.05) is 91.0 Å². The molecule has 0 spiro atoms. The highest BCUT2D eigenvalue weighted by atomic mass is 16.6. The molecule has 4 rings (SSSR count). The van der Waals surface area contributed by atoms with Crippen LogP contribution >= 0.6 is 0 Å². The maximum Gasteiger partial charge on any atom is 0.285 e. The Labute approximate surface area is 180 Å². The van der Waals surface area contributed by atoms with E-state index in [-0.39, 0.29) is 17.0 Å². The quantitative estimate of drug-likeness (QED) is 0.234. The van der Waals surface area contributed by atoms with E-state index in [9.17, 15) is 14.9 Å². The number of carbonyl (C=O) groups excluding carboxylic acids is 1. The van der Waals surface area contributed by atoms with Gasteiger partial charge >= 0.3 is 0 Å². The first-order chi connectivity index (χ1) is 15.1. The van der Waals surface area contributed by atoms with Crippen molar-refractivity contribution in [1.82, 2.24) is 0 Å². The lowest BCUT2D eigenvalue weighted by molar-refractivity contribution is -0.383. The summed E-state index contributed by atoms with van der Waals surface area (Å²) in [6.07, 6.45) is 0. The monoisotopic (exact) mass is 408 g/mol. The number of hydrogen-bond acceptors (Lipinski definition) is 4. The zero-order valence-corrected chi connectivity index (χ0v) is 16.9. The molecule has 0 heterocycles. The van der Waals surface area contributed by atoms with Gasteiger partial charge in [0.05, 0.1) is 21.6 Å². The topological polar surface area (TPSA) is 72.2 Å². The fourth-order valence-electron chi connectivity index (χ4n) is 3.75. The zero-order chi connectivity index (χ0) is 21.8. The van der Waals surface area contributed by atoms with E-state index in [1.54, 1.807) is 49.5 Å². The van der Waals surface area contributed by atoms with Gasteiger partial charge in [-0.25, -0.2) is 0 Å². The Morgan fingerprint density at radius 2 is 1.32 bits per heavy atom. The molecule has 0 unspecified atom stereocenters. The summed E-state index contributed by atoms with van der Waals surface area (Å²) < 4.78 is 0. The van der Waals surface area contributed by atoms with Gasteiger partial charge in [0, 0.05) is 18.3 Å². The number of carbonyl (C=O) groups is 1. The summed E-state index contributed by atoms with van der Waals surface area (Å²) in [6.45, 7) is 0. The van der Waals surface area contributed by atoms with Gasteiger partial charge in [-0.2, -0.15) is 0 Å². The van der Waals surface area contributed by atoms with Gasteiger partial charge in [0.25, 0.3) is 5.69 Å². The molecule has 0 saturated heterocycles. The molecule has 0 amide bonds. The molecule has 0 radical (unpaired) electrons. The molecule has 31 heavy (non-hydrogen) atoms. The molecule has 0 atom stereocenters. The Morgan fingerprint density at radius 3 is 1.84 bits per heavy atom. The van der Waals surface area contributed by atoms with Crippen LogP contribution in [0.15, 0.2) is 97.1 Å². The standard InChI is InChI=1S/C26H20N2O3/c1-27-22-17-21(18-11-5-2-6-12-18)25(28(30)31)23(19-13-7-3-8-14-19)24(22)26(29)20-15-9-4-10-16-20/h2-17,27H,1H3. The van der Waals surface area contributed by atoms with Crippen LogP contribution < -0.4 is 5.32 Å². The average molecular weight is 408 g/mol. The van der Waals surface area contributed by atoms with Gasteiger partial charge in [0.1, 0.15) is 0 Å². The van der Waals surface area contributed by atoms with E-state index in [2.05, 4.69) is 5.32 Å². The highest BCUT2D eigenvalue weighted by molar-refractivity contribution is 6.18. The minimum Gasteiger partial charge on any atom is -0.387 e. The third-order valence-corrected chi connectivity index (χ3v) is 5.16. The predicted octanol–water partition coefficient (Wildman–Crippen LogP) is 6.20. The lowest BCUT2D eigenvalue weighted by Gasteiger charge is -2.18. The van der Waals surface area contributed by atoms with E-state index in [1.165, 1.54) is 0 Å². The number of anilines is 1. The fraction of sp³-hybridized carbons (Fsp3) is 0.0385. The zero-order valence-electron chi connectivity index (χ0n) is 16.9. The van der Waals surface area contributed by atoms with Gasteiger partial charge < -0.3 is 5.32 Å². The summed E-state index contributed by atoms with van der Waals surface area (Å²) in [5, 5.41) is 15.5. The maximum absolute atomic E-state index is 13.6. The first kappa shape index (κ1) is 20.0. The van der Waals surface area contributed by atoms with Crippen molar-refractivity contribution in [3.05, 3.63) is 118 Å². The second-order valence-corrected chi connectivity index (χ2v) is 7.00. The second kappa shape index (κ2) is 8.63. The average Bonchev–Trinajstić information content (AvgIpc) is 2.83. The van der Waals surface area contributed by atoms with E-state index in [0.29, 0.717) is 33.5 Å². The lowest BCUT2D eigenvalue weighted by Crippen LogP contribution is -2.11. The summed E-state index contributed by atoms with van der Waals surface area (Å²) in [5.41, 5.74) is 3.30. The number of nitro benzene ring substituents is 1. The van der Waals surface area contributed by atoms with E-state index >= 15 is 0 Å². The number of benzene rings is 4. The van der Waals surface area contributed by atoms with Gasteiger partial charge in [0.2, 0.25) is 0 Å². The minimum atomic E-state index is -0.397. The molecule has 0 saturated carbocycles. The van der Waals surface area contributed by atoms with Crippen molar-refractivity contribution < 1.29 is 9.72 Å². The summed E-state index contributed by atoms with van der Waals surface area (Å²) >= 11 is 0. The largest absolute Gasteiger partial charge is 0.387 e. The van der Waals surface area contributed by atoms with Crippen molar-refractivity contribution in [3.8, 4) is 22.3 Å². The van der Waals surface area contributed by atoms with Crippen LogP contribution in [0.4, 0.5) is 11.4 Å². The molecular formula is C26H20N2O3. The second-order valence-electron chi connectivity index (χ2n) is 7.00. The Hall–Kier alpha value is -4.25. The molecule has 4 aromatic rings. The Bertz CT molecular complexity index is 1240. The van der Waals surface area contributed by atoms with Crippen LogP contribution in [-0.2, 0) is 0 Å². The number of nitrogens with one attached hydrogen (secondary N) is 1. The molecule has 0 bridgehead atoms. The molecule has 0 aliphatic heterocycles. The minimum absolute atomic E-state index is 0.0873. The first-order valence-corrected chi connectivity index (χ1v) is 9.85. The third kappa shape index (κ3) is 3.81. The van der Waals surface area contributed by atoms with Crippen LogP contribution in [-0.4, -0.2) is 17.8 Å².